The molecular weight excluding hydrogens is 418 g/mol. The third-order valence-corrected chi connectivity index (χ3v) is 6.17. The number of nitrogens with zero attached hydrogens (tertiary/aromatic N) is 2. The standard InChI is InChI=1S/C26H25N3O4/c1-4-5-8-13-27-25(30)18-14-17-15-9-6-7-10-19(15)29-23(17)22(28-18)16-11-12-20(32-2)24(33-3)21(16)26(29)31/h6-7,9-12,14H,4-5,8,13H2,1-3H3,(H,27,30). The van der Waals surface area contributed by atoms with Crippen molar-refractivity contribution in [3.05, 3.63) is 58.5 Å². The Bertz CT molecular complexity index is 1570. The van der Waals surface area contributed by atoms with Gasteiger partial charge in [-0.3, -0.25) is 14.0 Å². The van der Waals surface area contributed by atoms with Crippen LogP contribution >= 0.6 is 0 Å². The highest BCUT2D eigenvalue weighted by Gasteiger charge is 2.23. The second-order valence-corrected chi connectivity index (χ2v) is 8.10. The lowest BCUT2D eigenvalue weighted by Gasteiger charge is -2.13. The van der Waals surface area contributed by atoms with E-state index < -0.39 is 0 Å². The third-order valence-electron chi connectivity index (χ3n) is 6.17. The first-order chi connectivity index (χ1) is 16.1. The molecule has 168 valence electrons. The second kappa shape index (κ2) is 8.24. The molecule has 5 aromatic rings. The van der Waals surface area contributed by atoms with Gasteiger partial charge in [0, 0.05) is 22.7 Å². The van der Waals surface area contributed by atoms with Crippen molar-refractivity contribution in [2.24, 2.45) is 0 Å². The van der Waals surface area contributed by atoms with E-state index in [0.717, 1.165) is 35.6 Å². The maximum absolute atomic E-state index is 13.8. The lowest BCUT2D eigenvalue weighted by molar-refractivity contribution is 0.0948. The van der Waals surface area contributed by atoms with Crippen LogP contribution in [0, 0.1) is 0 Å². The van der Waals surface area contributed by atoms with Crippen LogP contribution in [0.4, 0.5) is 0 Å². The Hall–Kier alpha value is -3.87. The quantitative estimate of drug-likeness (QED) is 0.295. The lowest BCUT2D eigenvalue weighted by Crippen LogP contribution is -2.25. The zero-order valence-electron chi connectivity index (χ0n) is 18.9. The number of amides is 1. The minimum absolute atomic E-state index is 0.210. The molecule has 33 heavy (non-hydrogen) atoms. The van der Waals surface area contributed by atoms with E-state index in [-0.39, 0.29) is 11.5 Å². The first-order valence-corrected chi connectivity index (χ1v) is 11.1. The van der Waals surface area contributed by atoms with Crippen molar-refractivity contribution in [1.82, 2.24) is 14.7 Å². The molecule has 1 amide bonds. The number of aromatic nitrogens is 2. The fourth-order valence-electron chi connectivity index (χ4n) is 4.62. The van der Waals surface area contributed by atoms with Crippen LogP contribution in [0.2, 0.25) is 0 Å². The monoisotopic (exact) mass is 443 g/mol. The van der Waals surface area contributed by atoms with Crippen LogP contribution in [0.1, 0.15) is 36.7 Å². The minimum Gasteiger partial charge on any atom is -0.493 e. The highest BCUT2D eigenvalue weighted by molar-refractivity contribution is 6.21. The van der Waals surface area contributed by atoms with Gasteiger partial charge in [0.15, 0.2) is 11.5 Å². The highest BCUT2D eigenvalue weighted by Crippen LogP contribution is 2.39. The Morgan fingerprint density at radius 3 is 2.61 bits per heavy atom. The number of fused-ring (bicyclic) bond motifs is 5. The summed E-state index contributed by atoms with van der Waals surface area (Å²) in [5, 5.41) is 5.69. The first-order valence-electron chi connectivity index (χ1n) is 11.1. The number of rotatable bonds is 7. The summed E-state index contributed by atoms with van der Waals surface area (Å²) in [7, 11) is 3.05. The molecule has 0 spiro atoms. The molecule has 0 radical (unpaired) electrons. The molecule has 0 saturated heterocycles. The van der Waals surface area contributed by atoms with Crippen molar-refractivity contribution in [3.8, 4) is 11.5 Å². The summed E-state index contributed by atoms with van der Waals surface area (Å²) in [6.07, 6.45) is 3.06. The maximum Gasteiger partial charge on any atom is 0.269 e. The molecule has 0 saturated carbocycles. The number of methoxy groups -OCH3 is 2. The third kappa shape index (κ3) is 3.15. The Balaban J connectivity index is 1.88. The average Bonchev–Trinajstić information content (AvgIpc) is 3.19. The van der Waals surface area contributed by atoms with Crippen molar-refractivity contribution in [2.45, 2.75) is 26.2 Å². The number of unbranched alkanes of at least 4 members (excludes halogenated alkanes) is 2. The Kier molecular flexibility index (Phi) is 5.24. The molecule has 3 heterocycles. The lowest BCUT2D eigenvalue weighted by atomic mass is 10.1. The number of carbonyl (C=O) groups excluding carboxylic acids is 1. The molecule has 0 fully saturated rings. The van der Waals surface area contributed by atoms with E-state index in [2.05, 4.69) is 12.2 Å². The summed E-state index contributed by atoms with van der Waals surface area (Å²) < 4.78 is 12.7. The predicted molar refractivity (Wildman–Crippen MR) is 130 cm³/mol. The molecule has 7 nitrogen and oxygen atoms in total. The zero-order valence-corrected chi connectivity index (χ0v) is 18.9. The molecule has 0 aliphatic heterocycles. The van der Waals surface area contributed by atoms with Gasteiger partial charge >= 0.3 is 0 Å². The van der Waals surface area contributed by atoms with Gasteiger partial charge in [0.1, 0.15) is 5.69 Å². The fourth-order valence-corrected chi connectivity index (χ4v) is 4.62. The van der Waals surface area contributed by atoms with Crippen molar-refractivity contribution in [3.63, 3.8) is 0 Å². The normalized spacial score (nSPS) is 11.6. The van der Waals surface area contributed by atoms with Gasteiger partial charge in [-0.2, -0.15) is 0 Å². The summed E-state index contributed by atoms with van der Waals surface area (Å²) in [4.78, 5) is 31.5. The summed E-state index contributed by atoms with van der Waals surface area (Å²) >= 11 is 0. The Morgan fingerprint density at radius 1 is 1.03 bits per heavy atom. The van der Waals surface area contributed by atoms with E-state index >= 15 is 0 Å². The highest BCUT2D eigenvalue weighted by atomic mass is 16.5. The van der Waals surface area contributed by atoms with Crippen molar-refractivity contribution < 1.29 is 14.3 Å². The van der Waals surface area contributed by atoms with Crippen molar-refractivity contribution in [1.29, 1.82) is 0 Å². The smallest absolute Gasteiger partial charge is 0.269 e. The van der Waals surface area contributed by atoms with Crippen LogP contribution in [0.15, 0.2) is 47.3 Å². The number of hydrogen-bond donors (Lipinski definition) is 1. The Morgan fingerprint density at radius 2 is 1.85 bits per heavy atom. The number of benzene rings is 2. The number of ether oxygens (including phenoxy) is 2. The van der Waals surface area contributed by atoms with Gasteiger partial charge in [-0.25, -0.2) is 4.98 Å². The van der Waals surface area contributed by atoms with Crippen LogP contribution in [-0.2, 0) is 0 Å². The molecule has 7 heteroatoms. The minimum atomic E-state index is -0.222. The second-order valence-electron chi connectivity index (χ2n) is 8.10. The summed E-state index contributed by atoms with van der Waals surface area (Å²) in [6.45, 7) is 2.73. The van der Waals surface area contributed by atoms with E-state index in [0.29, 0.717) is 45.5 Å². The molecular formula is C26H25N3O4. The molecule has 3 aromatic heterocycles. The fraction of sp³-hybridized carbons (Fsp3) is 0.269. The predicted octanol–water partition coefficient (Wildman–Crippen LogP) is 4.53. The molecule has 0 unspecified atom stereocenters. The molecule has 0 aliphatic carbocycles. The van der Waals surface area contributed by atoms with Crippen molar-refractivity contribution in [2.75, 3.05) is 20.8 Å². The van der Waals surface area contributed by atoms with E-state index in [1.165, 1.54) is 14.2 Å². The molecule has 0 bridgehead atoms. The molecule has 2 aromatic carbocycles. The van der Waals surface area contributed by atoms with Crippen molar-refractivity contribution >= 4 is 44.0 Å². The van der Waals surface area contributed by atoms with Gasteiger partial charge in [-0.1, -0.05) is 38.0 Å². The van der Waals surface area contributed by atoms with E-state index in [1.54, 1.807) is 22.6 Å². The summed E-state index contributed by atoms with van der Waals surface area (Å²) in [6, 6.07) is 13.0. The zero-order chi connectivity index (χ0) is 23.1. The van der Waals surface area contributed by atoms with Crippen LogP contribution < -0.4 is 20.3 Å². The average molecular weight is 444 g/mol. The van der Waals surface area contributed by atoms with E-state index in [4.69, 9.17) is 14.5 Å². The topological polar surface area (TPSA) is 81.9 Å². The van der Waals surface area contributed by atoms with Crippen LogP contribution in [0.3, 0.4) is 0 Å². The number of nitrogens with one attached hydrogen (secondary N) is 1. The van der Waals surface area contributed by atoms with Gasteiger partial charge in [0.05, 0.1) is 36.2 Å². The molecule has 5 rings (SSSR count). The van der Waals surface area contributed by atoms with E-state index in [9.17, 15) is 9.59 Å². The number of pyridine rings is 2. The number of carbonyl (C=O) groups is 1. The first kappa shape index (κ1) is 21.0. The largest absolute Gasteiger partial charge is 0.493 e. The summed E-state index contributed by atoms with van der Waals surface area (Å²) in [5.74, 6) is 0.596. The van der Waals surface area contributed by atoms with Gasteiger partial charge in [-0.05, 0) is 30.7 Å². The van der Waals surface area contributed by atoms with Crippen LogP contribution in [-0.4, -0.2) is 36.1 Å². The van der Waals surface area contributed by atoms with Gasteiger partial charge in [0.25, 0.3) is 11.5 Å². The van der Waals surface area contributed by atoms with Gasteiger partial charge in [-0.15, -0.1) is 0 Å². The van der Waals surface area contributed by atoms with Gasteiger partial charge in [0.2, 0.25) is 0 Å². The van der Waals surface area contributed by atoms with E-state index in [1.807, 2.05) is 24.3 Å². The molecule has 0 atom stereocenters. The van der Waals surface area contributed by atoms with Crippen LogP contribution in [0.5, 0.6) is 11.5 Å². The van der Waals surface area contributed by atoms with Crippen LogP contribution in [0.25, 0.3) is 38.1 Å². The molecule has 1 N–H and O–H groups in total. The maximum atomic E-state index is 13.8. The SMILES string of the molecule is CCCCCNC(=O)c1cc2c3ccccc3n3c(=O)c4c(OC)c(OC)ccc4c(n1)c23. The van der Waals surface area contributed by atoms with Gasteiger partial charge < -0.3 is 14.8 Å². The molecule has 0 aliphatic rings. The summed E-state index contributed by atoms with van der Waals surface area (Å²) in [5.41, 5.74) is 2.16. The number of hydrogen-bond acceptors (Lipinski definition) is 5. The number of para-hydroxylation sites is 1. The Labute approximate surface area is 190 Å².